The lowest BCUT2D eigenvalue weighted by atomic mass is 9.99. The summed E-state index contributed by atoms with van der Waals surface area (Å²) in [5, 5.41) is 84.6. The normalized spacial score (nSPS) is 26.9. The molecule has 2 fully saturated rings. The third-order valence-electron chi connectivity index (χ3n) is 10.4. The maximum absolute atomic E-state index is 13.8. The Morgan fingerprint density at radius 3 is 1.85 bits per heavy atom. The van der Waals surface area contributed by atoms with E-state index in [0.717, 1.165) is 32.1 Å². The number of hydrogen-bond donors (Lipinski definition) is 9. The maximum Gasteiger partial charge on any atom is 0.297 e. The molecule has 9 N–H and O–H groups in total. The molecular formula is C41H56N2O17. The van der Waals surface area contributed by atoms with E-state index in [0.29, 0.717) is 17.4 Å². The molecule has 0 aliphatic carbocycles. The summed E-state index contributed by atoms with van der Waals surface area (Å²) in [6.45, 7) is 0.968. The number of fused-ring (bicyclic) bond motifs is 1. The number of amides is 1. The molecule has 332 valence electrons. The van der Waals surface area contributed by atoms with Crippen molar-refractivity contribution >= 4 is 28.6 Å². The van der Waals surface area contributed by atoms with E-state index in [4.69, 9.17) is 33.2 Å². The van der Waals surface area contributed by atoms with Crippen LogP contribution >= 0.6 is 0 Å². The average molecular weight is 849 g/mol. The first-order chi connectivity index (χ1) is 28.8. The van der Waals surface area contributed by atoms with Crippen molar-refractivity contribution in [3.8, 4) is 28.7 Å². The number of aliphatic hydroxyl groups excluding tert-OH is 8. The molecule has 0 radical (unpaired) electrons. The number of nitrogens with zero attached hydrogens (tertiary/aromatic N) is 1. The number of nitrogens with one attached hydrogen (secondary N) is 1. The number of carbonyl (C=O) groups excluding carboxylic acids is 1. The monoisotopic (exact) mass is 848 g/mol. The van der Waals surface area contributed by atoms with E-state index in [-0.39, 0.29) is 46.6 Å². The number of aliphatic hydroxyl groups is 8. The highest BCUT2D eigenvalue weighted by Crippen LogP contribution is 2.41. The minimum atomic E-state index is -1.76. The first-order valence-electron chi connectivity index (χ1n) is 19.8. The van der Waals surface area contributed by atoms with Crippen LogP contribution in [-0.2, 0) is 21.3 Å². The van der Waals surface area contributed by atoms with E-state index in [1.807, 2.05) is 0 Å². The fraction of sp³-hybridized carbons (Fsp3) is 0.561. The van der Waals surface area contributed by atoms with Crippen LogP contribution in [0.2, 0.25) is 0 Å². The van der Waals surface area contributed by atoms with Gasteiger partial charge in [0.25, 0.3) is 5.56 Å². The molecule has 19 heteroatoms. The number of rotatable bonds is 19. The van der Waals surface area contributed by atoms with Gasteiger partial charge in [0.15, 0.2) is 17.2 Å². The lowest BCUT2D eigenvalue weighted by Gasteiger charge is -2.39. The summed E-state index contributed by atoms with van der Waals surface area (Å²) in [4.78, 5) is 27.0. The summed E-state index contributed by atoms with van der Waals surface area (Å²) >= 11 is 0. The molecule has 10 atom stereocenters. The van der Waals surface area contributed by atoms with Gasteiger partial charge in [-0.15, -0.1) is 0 Å². The van der Waals surface area contributed by atoms with Crippen molar-refractivity contribution in [3.63, 3.8) is 0 Å². The fourth-order valence-electron chi connectivity index (χ4n) is 6.89. The lowest BCUT2D eigenvalue weighted by molar-refractivity contribution is -0.277. The molecule has 2 aliphatic heterocycles. The standard InChI is InChI=1S/C41H56N2O17/c1-5-6-7-8-9-10-15-56-38-36(59-40-34(51)32(49)30(47)27(19-44)57-40)23-13-12-22(18-24(23)43(2)39(38)53)42-29(46)14-11-21-16-25(54-3)37(26(17-21)55-4)60-41-35(52)33(50)31(48)28(20-45)58-41/h11-14,16-18,27-28,30-35,40-41,44-45,47-52H,5-10,15,19-20H2,1-4H3,(H,42,46)/b14-11+/t27-,28-,30-,31-,32+,33+,34+,35+,40+,41+/m1/s1. The Labute approximate surface area is 345 Å². The van der Waals surface area contributed by atoms with Gasteiger partial charge in [0.2, 0.25) is 30.0 Å². The minimum absolute atomic E-state index is 0.0291. The number of methoxy groups -OCH3 is 2. The van der Waals surface area contributed by atoms with Crippen molar-refractivity contribution in [1.29, 1.82) is 0 Å². The summed E-state index contributed by atoms with van der Waals surface area (Å²) < 4.78 is 41.2. The molecule has 2 aromatic carbocycles. The van der Waals surface area contributed by atoms with Gasteiger partial charge in [-0.2, -0.15) is 0 Å². The highest BCUT2D eigenvalue weighted by atomic mass is 16.7. The van der Waals surface area contributed by atoms with Crippen LogP contribution in [0.3, 0.4) is 0 Å². The number of unbranched alkanes of at least 4 members (excludes halogenated alkanes) is 5. The van der Waals surface area contributed by atoms with Gasteiger partial charge in [0.1, 0.15) is 48.8 Å². The van der Waals surface area contributed by atoms with Gasteiger partial charge in [-0.25, -0.2) is 0 Å². The SMILES string of the molecule is CCCCCCCCOc1c(O[C@@H]2O[C@H](CO)[C@@H](O)[C@H](O)[C@@H]2O)c2ccc(NC(=O)/C=C/c3cc(OC)c(O[C@@H]4O[C@H](CO)[C@@H](O)[C@H](O)[C@@H]4O)c(OC)c3)cc2n(C)c1=O. The molecule has 60 heavy (non-hydrogen) atoms. The van der Waals surface area contributed by atoms with Gasteiger partial charge in [-0.3, -0.25) is 9.59 Å². The number of aryl methyl sites for hydroxylation is 1. The molecule has 1 amide bonds. The molecule has 0 spiro atoms. The van der Waals surface area contributed by atoms with Crippen molar-refractivity contribution in [2.24, 2.45) is 7.05 Å². The van der Waals surface area contributed by atoms with Crippen LogP contribution in [0, 0.1) is 0 Å². The predicted octanol–water partition coefficient (Wildman–Crippen LogP) is 0.304. The minimum Gasteiger partial charge on any atom is -0.493 e. The zero-order chi connectivity index (χ0) is 43.7. The molecule has 2 saturated heterocycles. The number of carbonyl (C=O) groups is 1. The molecule has 2 aliphatic rings. The number of benzene rings is 2. The Bertz CT molecular complexity index is 1960. The Morgan fingerprint density at radius 2 is 1.30 bits per heavy atom. The van der Waals surface area contributed by atoms with E-state index in [2.05, 4.69) is 12.2 Å². The van der Waals surface area contributed by atoms with E-state index in [1.54, 1.807) is 12.1 Å². The highest BCUT2D eigenvalue weighted by Gasteiger charge is 2.46. The van der Waals surface area contributed by atoms with Crippen LogP contribution in [0.1, 0.15) is 51.0 Å². The molecular weight excluding hydrogens is 792 g/mol. The summed E-state index contributed by atoms with van der Waals surface area (Å²) in [7, 11) is 4.19. The second-order valence-corrected chi connectivity index (χ2v) is 14.6. The second-order valence-electron chi connectivity index (χ2n) is 14.6. The molecule has 19 nitrogen and oxygen atoms in total. The van der Waals surface area contributed by atoms with Gasteiger partial charge in [0.05, 0.1) is 39.6 Å². The molecule has 5 rings (SSSR count). The third kappa shape index (κ3) is 10.5. The van der Waals surface area contributed by atoms with Gasteiger partial charge in [-0.05, 0) is 48.4 Å². The van der Waals surface area contributed by atoms with E-state index < -0.39 is 86.1 Å². The average Bonchev–Trinajstić information content (AvgIpc) is 3.25. The Hall–Kier alpha value is -4.54. The van der Waals surface area contributed by atoms with Crippen molar-refractivity contribution in [3.05, 3.63) is 52.3 Å². The second kappa shape index (κ2) is 21.3. The summed E-state index contributed by atoms with van der Waals surface area (Å²) in [6, 6.07) is 7.64. The first kappa shape index (κ1) is 46.5. The zero-order valence-corrected chi connectivity index (χ0v) is 33.9. The van der Waals surface area contributed by atoms with Crippen molar-refractivity contribution in [1.82, 2.24) is 4.57 Å². The van der Waals surface area contributed by atoms with E-state index in [1.165, 1.54) is 56.2 Å². The lowest BCUT2D eigenvalue weighted by Crippen LogP contribution is -2.60. The third-order valence-corrected chi connectivity index (χ3v) is 10.4. The van der Waals surface area contributed by atoms with E-state index >= 15 is 0 Å². The topological polar surface area (TPSA) is 278 Å². The maximum atomic E-state index is 13.8. The molecule has 3 heterocycles. The van der Waals surface area contributed by atoms with Crippen LogP contribution in [0.25, 0.3) is 17.0 Å². The molecule has 0 bridgehead atoms. The zero-order valence-electron chi connectivity index (χ0n) is 33.9. The quantitative estimate of drug-likeness (QED) is 0.0580. The summed E-state index contributed by atoms with van der Waals surface area (Å²) in [5.74, 6) is -0.694. The smallest absolute Gasteiger partial charge is 0.297 e. The molecule has 1 aromatic heterocycles. The van der Waals surface area contributed by atoms with Gasteiger partial charge in [-0.1, -0.05) is 39.0 Å². The largest absolute Gasteiger partial charge is 0.493 e. The van der Waals surface area contributed by atoms with Crippen LogP contribution in [0.4, 0.5) is 5.69 Å². The Morgan fingerprint density at radius 1 is 0.750 bits per heavy atom. The predicted molar refractivity (Wildman–Crippen MR) is 214 cm³/mol. The van der Waals surface area contributed by atoms with Crippen LogP contribution in [0.15, 0.2) is 41.2 Å². The Balaban J connectivity index is 1.38. The molecule has 3 aromatic rings. The summed E-state index contributed by atoms with van der Waals surface area (Å²) in [6.07, 6.45) is -7.16. The summed E-state index contributed by atoms with van der Waals surface area (Å²) in [5.41, 5.74) is 0.394. The van der Waals surface area contributed by atoms with Crippen molar-refractivity contribution < 1.29 is 78.8 Å². The number of ether oxygens (including phenoxy) is 7. The fourth-order valence-corrected chi connectivity index (χ4v) is 6.89. The number of aromatic nitrogens is 1. The number of hydrogen-bond acceptors (Lipinski definition) is 17. The van der Waals surface area contributed by atoms with Crippen molar-refractivity contribution in [2.45, 2.75) is 107 Å². The number of pyridine rings is 1. The van der Waals surface area contributed by atoms with Crippen molar-refractivity contribution in [2.75, 3.05) is 39.4 Å². The van der Waals surface area contributed by atoms with Crippen LogP contribution in [0.5, 0.6) is 28.7 Å². The van der Waals surface area contributed by atoms with Gasteiger partial charge >= 0.3 is 0 Å². The highest BCUT2D eigenvalue weighted by molar-refractivity contribution is 6.03. The van der Waals surface area contributed by atoms with Gasteiger partial charge in [0, 0.05) is 24.2 Å². The first-order valence-corrected chi connectivity index (χ1v) is 19.8. The van der Waals surface area contributed by atoms with Crippen LogP contribution < -0.4 is 34.6 Å². The number of anilines is 1. The van der Waals surface area contributed by atoms with E-state index in [9.17, 15) is 50.4 Å². The molecule has 0 saturated carbocycles. The molecule has 0 unspecified atom stereocenters. The van der Waals surface area contributed by atoms with Gasteiger partial charge < -0.3 is 83.9 Å². The van der Waals surface area contributed by atoms with Crippen LogP contribution in [-0.4, -0.2) is 147 Å². The Kier molecular flexibility index (Phi) is 16.5.